The summed E-state index contributed by atoms with van der Waals surface area (Å²) >= 11 is 0. The van der Waals surface area contributed by atoms with E-state index in [1.807, 2.05) is 0 Å². The van der Waals surface area contributed by atoms with Crippen molar-refractivity contribution in [1.29, 1.82) is 0 Å². The molecule has 99 heavy (non-hydrogen) atoms. The largest absolute Gasteiger partial charge is 0.309 e. The molecule has 0 amide bonds. The van der Waals surface area contributed by atoms with Gasteiger partial charge in [-0.15, -0.1) is 0 Å². The standard InChI is InChI=1S/C95H86N4/c1-5-7-9-11-13-22-57-95(58-23-14-12-10-8-6-2)86-62-75(69-43-41-68(42-44-69)67-37-33-65(3)34-38-67)49-53-80(86)81-54-50-76(63-87(81)95)70-45-47-72(48-46-70)94-96-88(71-39-35-66(4)36-40-71)64-89(97-94)77-25-24-28-79(59-77)99-91-32-21-19-30-83(91)85-61-74(52-56-93(85)99)73-51-55-92-84(60-73)82-29-18-20-31-90(82)98(92)78-26-16-15-17-27-78/h15-21,24-56,59-64H,5-14,22-23,57-58H2,1-4H3. The van der Waals surface area contributed by atoms with Gasteiger partial charge in [-0.05, 0) is 172 Å². The SMILES string of the molecule is CCCCCCCCC1(CCCCCCCC)c2cc(-c3ccc(-c4ccc(C)cc4)cc3)ccc2-c2ccc(-c3ccc(-c4nc(-c5ccc(C)cc5)cc(-c5cccc(-n6c7ccccc7c7cc(-c8ccc9c(c8)c8ccccc8n9-c8ccccc8)ccc76)c5)n4)cc3)cc21. The van der Waals surface area contributed by atoms with Crippen LogP contribution in [0.25, 0.3) is 145 Å². The van der Waals surface area contributed by atoms with E-state index in [0.29, 0.717) is 5.82 Å². The molecule has 3 aromatic heterocycles. The maximum atomic E-state index is 5.49. The maximum Gasteiger partial charge on any atom is 0.160 e. The van der Waals surface area contributed by atoms with Gasteiger partial charge in [-0.1, -0.05) is 302 Å². The van der Waals surface area contributed by atoms with Crippen molar-refractivity contribution < 1.29 is 0 Å². The summed E-state index contributed by atoms with van der Waals surface area (Å²) < 4.78 is 4.81. The molecule has 0 saturated carbocycles. The summed E-state index contributed by atoms with van der Waals surface area (Å²) in [6.45, 7) is 8.95. The first kappa shape index (κ1) is 63.1. The van der Waals surface area contributed by atoms with Gasteiger partial charge in [0.2, 0.25) is 0 Å². The van der Waals surface area contributed by atoms with Crippen LogP contribution in [0.1, 0.15) is 126 Å². The molecule has 0 fully saturated rings. The summed E-state index contributed by atoms with van der Waals surface area (Å²) in [6, 6.07) is 104. The first-order chi connectivity index (χ1) is 48.8. The minimum absolute atomic E-state index is 0.0823. The van der Waals surface area contributed by atoms with Gasteiger partial charge in [0.1, 0.15) is 0 Å². The number of unbranched alkanes of at least 4 members (excludes halogenated alkanes) is 10. The number of para-hydroxylation sites is 3. The smallest absolute Gasteiger partial charge is 0.160 e. The van der Waals surface area contributed by atoms with Crippen LogP contribution in [0.5, 0.6) is 0 Å². The lowest BCUT2D eigenvalue weighted by atomic mass is 9.70. The Hall–Kier alpha value is -10.7. The van der Waals surface area contributed by atoms with E-state index < -0.39 is 0 Å². The average Bonchev–Trinajstić information content (AvgIpc) is 1.58. The number of hydrogen-bond acceptors (Lipinski definition) is 2. The molecular weight excluding hydrogens is 1200 g/mol. The van der Waals surface area contributed by atoms with Gasteiger partial charge in [-0.2, -0.15) is 0 Å². The highest BCUT2D eigenvalue weighted by molar-refractivity contribution is 6.13. The zero-order valence-electron chi connectivity index (χ0n) is 57.7. The van der Waals surface area contributed by atoms with Crippen molar-refractivity contribution >= 4 is 43.6 Å². The monoisotopic (exact) mass is 1280 g/mol. The predicted octanol–water partition coefficient (Wildman–Crippen LogP) is 26.7. The fourth-order valence-electron chi connectivity index (χ4n) is 16.2. The fourth-order valence-corrected chi connectivity index (χ4v) is 16.2. The van der Waals surface area contributed by atoms with Crippen LogP contribution < -0.4 is 0 Å². The molecule has 0 unspecified atom stereocenters. The van der Waals surface area contributed by atoms with Gasteiger partial charge in [0.25, 0.3) is 0 Å². The average molecular weight is 1280 g/mol. The molecular formula is C95H86N4. The minimum atomic E-state index is -0.0823. The number of rotatable bonds is 23. The number of nitrogens with zero attached hydrogens (tertiary/aromatic N) is 4. The van der Waals surface area contributed by atoms with Gasteiger partial charge in [0.05, 0.1) is 33.5 Å². The van der Waals surface area contributed by atoms with Crippen molar-refractivity contribution in [3.63, 3.8) is 0 Å². The Morgan fingerprint density at radius 2 is 0.657 bits per heavy atom. The van der Waals surface area contributed by atoms with Gasteiger partial charge in [0.15, 0.2) is 5.82 Å². The van der Waals surface area contributed by atoms with Crippen LogP contribution in [0.15, 0.2) is 279 Å². The Kier molecular flexibility index (Phi) is 17.6. The van der Waals surface area contributed by atoms with E-state index >= 15 is 0 Å². The first-order valence-corrected chi connectivity index (χ1v) is 36.6. The highest BCUT2D eigenvalue weighted by atomic mass is 15.0. The lowest BCUT2D eigenvalue weighted by Crippen LogP contribution is -2.25. The predicted molar refractivity (Wildman–Crippen MR) is 420 cm³/mol. The van der Waals surface area contributed by atoms with Crippen LogP contribution in [0.2, 0.25) is 0 Å². The second-order valence-corrected chi connectivity index (χ2v) is 28.0. The van der Waals surface area contributed by atoms with Crippen molar-refractivity contribution in [3.05, 3.63) is 301 Å². The molecule has 0 radical (unpaired) electrons. The molecule has 12 aromatic carbocycles. The third kappa shape index (κ3) is 12.3. The van der Waals surface area contributed by atoms with Crippen LogP contribution in [0, 0.1) is 13.8 Å². The number of aryl methyl sites for hydroxylation is 2. The van der Waals surface area contributed by atoms with Crippen molar-refractivity contribution in [2.45, 2.75) is 123 Å². The third-order valence-corrected chi connectivity index (χ3v) is 21.5. The number of benzene rings is 12. The molecule has 4 nitrogen and oxygen atoms in total. The quantitative estimate of drug-likeness (QED) is 0.0599. The van der Waals surface area contributed by atoms with E-state index in [0.717, 1.165) is 63.3 Å². The first-order valence-electron chi connectivity index (χ1n) is 36.6. The lowest BCUT2D eigenvalue weighted by molar-refractivity contribution is 0.398. The van der Waals surface area contributed by atoms with E-state index in [4.69, 9.17) is 9.97 Å². The topological polar surface area (TPSA) is 35.6 Å². The Labute approximate surface area is 584 Å². The summed E-state index contributed by atoms with van der Waals surface area (Å²) in [5, 5.41) is 4.92. The van der Waals surface area contributed by atoms with Gasteiger partial charge in [-0.3, -0.25) is 0 Å². The molecule has 0 saturated heterocycles. The second-order valence-electron chi connectivity index (χ2n) is 28.0. The molecule has 0 spiro atoms. The number of hydrogen-bond donors (Lipinski definition) is 0. The van der Waals surface area contributed by atoms with Gasteiger partial charge < -0.3 is 9.13 Å². The summed E-state index contributed by atoms with van der Waals surface area (Å²) in [4.78, 5) is 10.9. The normalized spacial score (nSPS) is 12.5. The summed E-state index contributed by atoms with van der Waals surface area (Å²) in [5.74, 6) is 0.703. The molecule has 486 valence electrons. The molecule has 3 heterocycles. The molecule has 0 N–H and O–H groups in total. The zero-order chi connectivity index (χ0) is 66.8. The summed E-state index contributed by atoms with van der Waals surface area (Å²) in [6.07, 6.45) is 17.7. The Balaban J connectivity index is 0.740. The summed E-state index contributed by atoms with van der Waals surface area (Å²) in [5.41, 5.74) is 30.0. The van der Waals surface area contributed by atoms with Crippen molar-refractivity contribution in [3.8, 4) is 101 Å². The lowest BCUT2D eigenvalue weighted by Gasteiger charge is -2.33. The molecule has 1 aliphatic rings. The van der Waals surface area contributed by atoms with Gasteiger partial charge >= 0.3 is 0 Å². The molecule has 1 aliphatic carbocycles. The highest BCUT2D eigenvalue weighted by Gasteiger charge is 2.43. The van der Waals surface area contributed by atoms with Crippen LogP contribution in [-0.4, -0.2) is 19.1 Å². The molecule has 16 rings (SSSR count). The van der Waals surface area contributed by atoms with E-state index in [1.54, 1.807) is 0 Å². The van der Waals surface area contributed by atoms with Crippen LogP contribution in [-0.2, 0) is 5.41 Å². The zero-order valence-corrected chi connectivity index (χ0v) is 57.7. The van der Waals surface area contributed by atoms with E-state index in [1.165, 1.54) is 188 Å². The number of aromatic nitrogens is 4. The molecule has 15 aromatic rings. The molecule has 0 bridgehead atoms. The van der Waals surface area contributed by atoms with Crippen LogP contribution >= 0.6 is 0 Å². The maximum absolute atomic E-state index is 5.49. The fraction of sp³-hybridized carbons (Fsp3) is 0.200. The van der Waals surface area contributed by atoms with E-state index in [2.05, 4.69) is 316 Å². The Bertz CT molecular complexity index is 5380. The third-order valence-electron chi connectivity index (χ3n) is 21.5. The van der Waals surface area contributed by atoms with Crippen molar-refractivity contribution in [2.24, 2.45) is 0 Å². The van der Waals surface area contributed by atoms with Gasteiger partial charge in [-0.25, -0.2) is 9.97 Å². The molecule has 4 heteroatoms. The summed E-state index contributed by atoms with van der Waals surface area (Å²) in [7, 11) is 0. The Morgan fingerprint density at radius 1 is 0.273 bits per heavy atom. The van der Waals surface area contributed by atoms with Crippen molar-refractivity contribution in [2.75, 3.05) is 0 Å². The minimum Gasteiger partial charge on any atom is -0.309 e. The Morgan fingerprint density at radius 3 is 1.18 bits per heavy atom. The van der Waals surface area contributed by atoms with Crippen LogP contribution in [0.3, 0.4) is 0 Å². The second kappa shape index (κ2) is 27.7. The van der Waals surface area contributed by atoms with E-state index in [9.17, 15) is 0 Å². The highest BCUT2D eigenvalue weighted by Crippen LogP contribution is 2.56. The molecule has 0 aliphatic heterocycles. The number of fused-ring (bicyclic) bond motifs is 9. The van der Waals surface area contributed by atoms with Gasteiger partial charge in [0, 0.05) is 55.0 Å². The molecule has 0 atom stereocenters. The van der Waals surface area contributed by atoms with Crippen molar-refractivity contribution in [1.82, 2.24) is 19.1 Å². The van der Waals surface area contributed by atoms with Crippen LogP contribution in [0.4, 0.5) is 0 Å². The van der Waals surface area contributed by atoms with E-state index in [-0.39, 0.29) is 5.41 Å².